The molecule has 1 heterocycles. The van der Waals surface area contributed by atoms with Crippen LogP contribution in [-0.4, -0.2) is 47.7 Å². The number of rotatable bonds is 6. The third kappa shape index (κ3) is 5.46. The van der Waals surface area contributed by atoms with Crippen LogP contribution in [0.5, 0.6) is 0 Å². The van der Waals surface area contributed by atoms with Crippen molar-refractivity contribution in [2.75, 3.05) is 13.7 Å². The molecular formula is C13H25N3O3. The number of carbonyl (C=O) groups excluding carboxylic acids is 1. The Hall–Kier alpha value is -1.30. The van der Waals surface area contributed by atoms with Gasteiger partial charge in [0.05, 0.1) is 6.10 Å². The molecule has 1 aliphatic rings. The van der Waals surface area contributed by atoms with Gasteiger partial charge in [0, 0.05) is 32.5 Å². The van der Waals surface area contributed by atoms with Gasteiger partial charge in [-0.05, 0) is 32.6 Å². The van der Waals surface area contributed by atoms with Crippen LogP contribution < -0.4 is 5.73 Å². The van der Waals surface area contributed by atoms with E-state index >= 15 is 0 Å². The molecule has 1 amide bonds. The summed E-state index contributed by atoms with van der Waals surface area (Å²) in [5, 5.41) is 11.4. The maximum Gasteiger partial charge on any atom is 0.222 e. The van der Waals surface area contributed by atoms with Crippen molar-refractivity contribution in [2.24, 2.45) is 10.9 Å². The van der Waals surface area contributed by atoms with Crippen LogP contribution in [0.2, 0.25) is 0 Å². The van der Waals surface area contributed by atoms with E-state index in [9.17, 15) is 4.79 Å². The van der Waals surface area contributed by atoms with Crippen molar-refractivity contribution in [3.63, 3.8) is 0 Å². The lowest BCUT2D eigenvalue weighted by Crippen LogP contribution is -2.38. The van der Waals surface area contributed by atoms with Crippen molar-refractivity contribution in [3.05, 3.63) is 0 Å². The van der Waals surface area contributed by atoms with Gasteiger partial charge in [-0.15, -0.1) is 0 Å². The molecule has 0 aromatic rings. The second-order valence-electron chi connectivity index (χ2n) is 5.18. The van der Waals surface area contributed by atoms with Crippen LogP contribution in [0, 0.1) is 0 Å². The normalized spacial score (nSPS) is 22.0. The Morgan fingerprint density at radius 3 is 2.89 bits per heavy atom. The fourth-order valence-electron chi connectivity index (χ4n) is 2.22. The number of amidine groups is 1. The van der Waals surface area contributed by atoms with Gasteiger partial charge in [-0.1, -0.05) is 5.16 Å². The molecule has 1 aliphatic heterocycles. The Bertz CT molecular complexity index is 314. The third-order valence-electron chi connectivity index (χ3n) is 3.64. The number of carbonyl (C=O) groups is 1. The molecule has 0 bridgehead atoms. The average Bonchev–Trinajstić information content (AvgIpc) is 2.44. The Labute approximate surface area is 114 Å². The smallest absolute Gasteiger partial charge is 0.222 e. The Morgan fingerprint density at radius 1 is 1.58 bits per heavy atom. The molecule has 1 saturated heterocycles. The predicted molar refractivity (Wildman–Crippen MR) is 73.1 cm³/mol. The molecule has 0 radical (unpaired) electrons. The molecule has 6 heteroatoms. The molecule has 2 atom stereocenters. The second-order valence-corrected chi connectivity index (χ2v) is 5.18. The molecule has 3 N–H and O–H groups in total. The number of amides is 1. The summed E-state index contributed by atoms with van der Waals surface area (Å²) in [6, 6.07) is -0.0734. The molecule has 2 unspecified atom stereocenters. The molecule has 0 spiro atoms. The Morgan fingerprint density at radius 2 is 2.32 bits per heavy atom. The summed E-state index contributed by atoms with van der Waals surface area (Å²) in [6.45, 7) is 2.70. The lowest BCUT2D eigenvalue weighted by atomic mass is 10.0. The average molecular weight is 271 g/mol. The molecular weight excluding hydrogens is 246 g/mol. The van der Waals surface area contributed by atoms with Crippen molar-refractivity contribution in [1.82, 2.24) is 4.90 Å². The fourth-order valence-corrected chi connectivity index (χ4v) is 2.22. The van der Waals surface area contributed by atoms with Crippen molar-refractivity contribution < 1.29 is 14.7 Å². The summed E-state index contributed by atoms with van der Waals surface area (Å²) in [5.74, 6) is 0.218. The van der Waals surface area contributed by atoms with Gasteiger partial charge in [0.25, 0.3) is 0 Å². The minimum Gasteiger partial charge on any atom is -0.409 e. The Kier molecular flexibility index (Phi) is 6.62. The van der Waals surface area contributed by atoms with Crippen LogP contribution in [0.1, 0.15) is 45.4 Å². The second kappa shape index (κ2) is 7.99. The number of nitrogens with two attached hydrogens (primary N) is 1. The van der Waals surface area contributed by atoms with Gasteiger partial charge in [0.15, 0.2) is 0 Å². The van der Waals surface area contributed by atoms with Gasteiger partial charge in [-0.3, -0.25) is 4.79 Å². The molecule has 0 saturated carbocycles. The number of oxime groups is 1. The van der Waals surface area contributed by atoms with Crippen LogP contribution in [-0.2, 0) is 9.53 Å². The van der Waals surface area contributed by atoms with E-state index in [0.717, 1.165) is 25.9 Å². The largest absolute Gasteiger partial charge is 0.409 e. The molecule has 0 aromatic heterocycles. The van der Waals surface area contributed by atoms with E-state index in [2.05, 4.69) is 5.16 Å². The first-order valence-corrected chi connectivity index (χ1v) is 6.88. The van der Waals surface area contributed by atoms with E-state index in [-0.39, 0.29) is 23.9 Å². The first-order chi connectivity index (χ1) is 9.04. The summed E-state index contributed by atoms with van der Waals surface area (Å²) in [5.41, 5.74) is 5.44. The third-order valence-corrected chi connectivity index (χ3v) is 3.64. The number of hydrogen-bond acceptors (Lipinski definition) is 4. The molecule has 0 aromatic carbocycles. The van der Waals surface area contributed by atoms with E-state index in [0.29, 0.717) is 12.8 Å². The van der Waals surface area contributed by atoms with Crippen molar-refractivity contribution >= 4 is 11.7 Å². The zero-order chi connectivity index (χ0) is 14.3. The molecule has 19 heavy (non-hydrogen) atoms. The van der Waals surface area contributed by atoms with E-state index in [1.54, 1.807) is 11.9 Å². The van der Waals surface area contributed by atoms with Crippen LogP contribution in [0.3, 0.4) is 0 Å². The highest BCUT2D eigenvalue weighted by molar-refractivity contribution is 5.81. The molecule has 6 nitrogen and oxygen atoms in total. The standard InChI is InChI=1S/C13H25N3O3/c1-10(9-12(14)15-18)16(2)13(17)7-6-11-5-3-4-8-19-11/h10-11,18H,3-9H2,1-2H3,(H2,14,15). The molecule has 1 rings (SSSR count). The lowest BCUT2D eigenvalue weighted by molar-refractivity contribution is -0.132. The van der Waals surface area contributed by atoms with E-state index in [1.165, 1.54) is 6.42 Å². The summed E-state index contributed by atoms with van der Waals surface area (Å²) in [6.07, 6.45) is 5.23. The van der Waals surface area contributed by atoms with Crippen molar-refractivity contribution in [2.45, 2.75) is 57.6 Å². The van der Waals surface area contributed by atoms with E-state index in [4.69, 9.17) is 15.7 Å². The van der Waals surface area contributed by atoms with Gasteiger partial charge in [-0.25, -0.2) is 0 Å². The molecule has 1 fully saturated rings. The molecule has 0 aliphatic carbocycles. The fraction of sp³-hybridized carbons (Fsp3) is 0.846. The highest BCUT2D eigenvalue weighted by Crippen LogP contribution is 2.17. The summed E-state index contributed by atoms with van der Waals surface area (Å²) in [4.78, 5) is 13.7. The minimum atomic E-state index is -0.0734. The first kappa shape index (κ1) is 15.8. The summed E-state index contributed by atoms with van der Waals surface area (Å²) >= 11 is 0. The first-order valence-electron chi connectivity index (χ1n) is 6.88. The maximum atomic E-state index is 12.0. The SMILES string of the molecule is CC(CC(N)=NO)N(C)C(=O)CCC1CCCCO1. The van der Waals surface area contributed by atoms with Gasteiger partial charge >= 0.3 is 0 Å². The zero-order valence-corrected chi connectivity index (χ0v) is 11.8. The summed E-state index contributed by atoms with van der Waals surface area (Å²) in [7, 11) is 1.75. The lowest BCUT2D eigenvalue weighted by Gasteiger charge is -2.26. The van der Waals surface area contributed by atoms with Crippen molar-refractivity contribution in [1.29, 1.82) is 0 Å². The number of hydrogen-bond donors (Lipinski definition) is 2. The zero-order valence-electron chi connectivity index (χ0n) is 11.8. The topological polar surface area (TPSA) is 88.2 Å². The van der Waals surface area contributed by atoms with E-state index in [1.807, 2.05) is 6.92 Å². The monoisotopic (exact) mass is 271 g/mol. The van der Waals surface area contributed by atoms with Gasteiger partial charge in [0.2, 0.25) is 5.91 Å². The minimum absolute atomic E-state index is 0.0734. The van der Waals surface area contributed by atoms with Gasteiger partial charge in [0.1, 0.15) is 5.84 Å². The quantitative estimate of drug-likeness (QED) is 0.330. The van der Waals surface area contributed by atoms with Crippen molar-refractivity contribution in [3.8, 4) is 0 Å². The highest BCUT2D eigenvalue weighted by Gasteiger charge is 2.20. The van der Waals surface area contributed by atoms with Crippen LogP contribution in [0.4, 0.5) is 0 Å². The van der Waals surface area contributed by atoms with Crippen LogP contribution in [0.25, 0.3) is 0 Å². The maximum absolute atomic E-state index is 12.0. The van der Waals surface area contributed by atoms with Gasteiger partial charge < -0.3 is 20.6 Å². The molecule has 110 valence electrons. The predicted octanol–water partition coefficient (Wildman–Crippen LogP) is 1.32. The van der Waals surface area contributed by atoms with Gasteiger partial charge in [-0.2, -0.15) is 0 Å². The van der Waals surface area contributed by atoms with Crippen LogP contribution >= 0.6 is 0 Å². The Balaban J connectivity index is 2.30. The van der Waals surface area contributed by atoms with Crippen LogP contribution in [0.15, 0.2) is 5.16 Å². The highest BCUT2D eigenvalue weighted by atomic mass is 16.5. The number of ether oxygens (including phenoxy) is 1. The van der Waals surface area contributed by atoms with E-state index < -0.39 is 0 Å². The summed E-state index contributed by atoms with van der Waals surface area (Å²) < 4.78 is 5.61. The number of nitrogens with zero attached hydrogens (tertiary/aromatic N) is 2.